The topological polar surface area (TPSA) is 12.0 Å². The fourth-order valence-electron chi connectivity index (χ4n) is 2.01. The van der Waals surface area contributed by atoms with E-state index in [1.807, 2.05) is 7.05 Å². The van der Waals surface area contributed by atoms with Crippen molar-refractivity contribution in [2.75, 3.05) is 7.05 Å². The van der Waals surface area contributed by atoms with Gasteiger partial charge in [0.05, 0.1) is 0 Å². The molecule has 0 radical (unpaired) electrons. The molecule has 0 heterocycles. The van der Waals surface area contributed by atoms with Gasteiger partial charge in [0.1, 0.15) is 5.82 Å². The van der Waals surface area contributed by atoms with Gasteiger partial charge in [-0.3, -0.25) is 0 Å². The minimum absolute atomic E-state index is 0.0580. The highest BCUT2D eigenvalue weighted by Gasteiger charge is 2.14. The molecule has 100 valence electrons. The zero-order chi connectivity index (χ0) is 13.8. The quantitative estimate of drug-likeness (QED) is 0.754. The van der Waals surface area contributed by atoms with E-state index in [1.54, 1.807) is 12.1 Å². The van der Waals surface area contributed by atoms with E-state index in [9.17, 15) is 4.39 Å². The van der Waals surface area contributed by atoms with Gasteiger partial charge in [-0.05, 0) is 65.9 Å². The number of hydrogen-bond donors (Lipinski definition) is 1. The molecule has 1 nitrogen and oxygen atoms in total. The van der Waals surface area contributed by atoms with Gasteiger partial charge in [0, 0.05) is 20.2 Å². The highest BCUT2D eigenvalue weighted by molar-refractivity contribution is 14.1. The predicted molar refractivity (Wildman–Crippen MR) is 86.1 cm³/mol. The van der Waals surface area contributed by atoms with Gasteiger partial charge in [-0.1, -0.05) is 29.8 Å². The Morgan fingerprint density at radius 3 is 2.47 bits per heavy atom. The van der Waals surface area contributed by atoms with Crippen molar-refractivity contribution in [3.63, 3.8) is 0 Å². The van der Waals surface area contributed by atoms with Crippen LogP contribution >= 0.6 is 34.2 Å². The van der Waals surface area contributed by atoms with Crippen LogP contribution in [-0.2, 0) is 6.42 Å². The first-order chi connectivity index (χ1) is 9.10. The Bertz CT molecular complexity index is 557. The third-order valence-electron chi connectivity index (χ3n) is 3.04. The summed E-state index contributed by atoms with van der Waals surface area (Å²) in [6, 6.07) is 13.0. The molecule has 0 aromatic heterocycles. The van der Waals surface area contributed by atoms with Crippen molar-refractivity contribution in [3.8, 4) is 0 Å². The molecule has 0 aliphatic heterocycles. The van der Waals surface area contributed by atoms with Crippen LogP contribution in [0.3, 0.4) is 0 Å². The summed E-state index contributed by atoms with van der Waals surface area (Å²) in [5.74, 6) is -0.266. The van der Waals surface area contributed by atoms with Gasteiger partial charge < -0.3 is 5.32 Å². The van der Waals surface area contributed by atoms with Crippen molar-refractivity contribution in [2.45, 2.75) is 12.5 Å². The molecular weight excluding hydrogens is 376 g/mol. The van der Waals surface area contributed by atoms with Crippen molar-refractivity contribution in [3.05, 3.63) is 68.0 Å². The molecule has 1 unspecified atom stereocenters. The monoisotopic (exact) mass is 389 g/mol. The van der Waals surface area contributed by atoms with Crippen LogP contribution in [0.5, 0.6) is 0 Å². The lowest BCUT2D eigenvalue weighted by Gasteiger charge is -2.17. The molecule has 0 aliphatic rings. The Labute approximate surface area is 131 Å². The number of rotatable bonds is 4. The van der Waals surface area contributed by atoms with E-state index in [-0.39, 0.29) is 11.9 Å². The normalized spacial score (nSPS) is 12.4. The number of likely N-dealkylation sites (N-methyl/N-ethyl adjacent to an activating group) is 1. The molecule has 1 N–H and O–H groups in total. The summed E-state index contributed by atoms with van der Waals surface area (Å²) < 4.78 is 15.1. The molecule has 0 bridgehead atoms. The molecule has 1 atom stereocenters. The molecule has 0 saturated carbocycles. The summed E-state index contributed by atoms with van der Waals surface area (Å²) >= 11 is 8.05. The average molecular weight is 390 g/mol. The van der Waals surface area contributed by atoms with Gasteiger partial charge >= 0.3 is 0 Å². The second-order valence-electron chi connectivity index (χ2n) is 4.34. The maximum atomic E-state index is 13.9. The fourth-order valence-corrected chi connectivity index (χ4v) is 2.53. The molecule has 0 aliphatic carbocycles. The highest BCUT2D eigenvalue weighted by atomic mass is 127. The van der Waals surface area contributed by atoms with Crippen LogP contribution in [0.4, 0.5) is 4.39 Å². The molecular formula is C15H14ClFIN. The maximum absolute atomic E-state index is 13.9. The lowest BCUT2D eigenvalue weighted by molar-refractivity contribution is 0.534. The van der Waals surface area contributed by atoms with E-state index in [1.165, 1.54) is 15.2 Å². The molecule has 19 heavy (non-hydrogen) atoms. The van der Waals surface area contributed by atoms with Crippen molar-refractivity contribution < 1.29 is 4.39 Å². The second kappa shape index (κ2) is 6.68. The zero-order valence-electron chi connectivity index (χ0n) is 10.5. The largest absolute Gasteiger partial charge is 0.313 e. The standard InChI is InChI=1S/C15H14ClFIN/c1-19-15(8-10-2-5-12(18)6-3-10)13-7-4-11(16)9-14(13)17/h2-7,9,15,19H,8H2,1H3. The van der Waals surface area contributed by atoms with Crippen molar-refractivity contribution >= 4 is 34.2 Å². The molecule has 0 amide bonds. The lowest BCUT2D eigenvalue weighted by Crippen LogP contribution is -2.20. The number of benzene rings is 2. The molecule has 4 heteroatoms. The first-order valence-corrected chi connectivity index (χ1v) is 7.42. The van der Waals surface area contributed by atoms with Gasteiger partial charge in [0.15, 0.2) is 0 Å². The Balaban J connectivity index is 2.22. The third-order valence-corrected chi connectivity index (χ3v) is 3.99. The molecule has 2 aromatic carbocycles. The first kappa shape index (κ1) is 14.8. The smallest absolute Gasteiger partial charge is 0.129 e. The molecule has 2 aromatic rings. The van der Waals surface area contributed by atoms with Gasteiger partial charge in [0.2, 0.25) is 0 Å². The molecule has 2 rings (SSSR count). The van der Waals surface area contributed by atoms with E-state index in [0.717, 1.165) is 6.42 Å². The van der Waals surface area contributed by atoms with Gasteiger partial charge in [-0.15, -0.1) is 0 Å². The van der Waals surface area contributed by atoms with Gasteiger partial charge in [0.25, 0.3) is 0 Å². The molecule has 0 fully saturated rings. The van der Waals surface area contributed by atoms with Crippen LogP contribution in [0.25, 0.3) is 0 Å². The van der Waals surface area contributed by atoms with Crippen LogP contribution in [0.1, 0.15) is 17.2 Å². The summed E-state index contributed by atoms with van der Waals surface area (Å²) in [6.45, 7) is 0. The predicted octanol–water partition coefficient (Wildman–Crippen LogP) is 4.59. The van der Waals surface area contributed by atoms with Crippen LogP contribution in [0, 0.1) is 9.39 Å². The van der Waals surface area contributed by atoms with E-state index in [0.29, 0.717) is 10.6 Å². The lowest BCUT2D eigenvalue weighted by atomic mass is 9.98. The van der Waals surface area contributed by atoms with Crippen molar-refractivity contribution in [2.24, 2.45) is 0 Å². The fraction of sp³-hybridized carbons (Fsp3) is 0.200. The van der Waals surface area contributed by atoms with E-state index < -0.39 is 0 Å². The van der Waals surface area contributed by atoms with Crippen LogP contribution in [0.15, 0.2) is 42.5 Å². The molecule has 0 saturated heterocycles. The summed E-state index contributed by atoms with van der Waals surface area (Å²) in [4.78, 5) is 0. The second-order valence-corrected chi connectivity index (χ2v) is 6.02. The zero-order valence-corrected chi connectivity index (χ0v) is 13.4. The third kappa shape index (κ3) is 3.91. The molecule has 0 spiro atoms. The first-order valence-electron chi connectivity index (χ1n) is 5.97. The van der Waals surface area contributed by atoms with Crippen LogP contribution in [0.2, 0.25) is 5.02 Å². The number of halogens is 3. The highest BCUT2D eigenvalue weighted by Crippen LogP contribution is 2.24. The van der Waals surface area contributed by atoms with Crippen molar-refractivity contribution in [1.82, 2.24) is 5.32 Å². The Morgan fingerprint density at radius 2 is 1.89 bits per heavy atom. The van der Waals surface area contributed by atoms with Crippen molar-refractivity contribution in [1.29, 1.82) is 0 Å². The summed E-state index contributed by atoms with van der Waals surface area (Å²) in [7, 11) is 1.84. The van der Waals surface area contributed by atoms with E-state index in [4.69, 9.17) is 11.6 Å². The SMILES string of the molecule is CNC(Cc1ccc(I)cc1)c1ccc(Cl)cc1F. The Morgan fingerprint density at radius 1 is 1.21 bits per heavy atom. The van der Waals surface area contributed by atoms with E-state index >= 15 is 0 Å². The van der Waals surface area contributed by atoms with Crippen LogP contribution < -0.4 is 5.32 Å². The van der Waals surface area contributed by atoms with E-state index in [2.05, 4.69) is 52.2 Å². The van der Waals surface area contributed by atoms with Gasteiger partial charge in [-0.2, -0.15) is 0 Å². The van der Waals surface area contributed by atoms with Crippen LogP contribution in [-0.4, -0.2) is 7.05 Å². The summed E-state index contributed by atoms with van der Waals surface area (Å²) in [6.07, 6.45) is 0.742. The number of nitrogens with one attached hydrogen (secondary N) is 1. The Kier molecular flexibility index (Phi) is 5.19. The Hall–Kier alpha value is -0.650. The minimum atomic E-state index is -0.266. The maximum Gasteiger partial charge on any atom is 0.129 e. The minimum Gasteiger partial charge on any atom is -0.313 e. The summed E-state index contributed by atoms with van der Waals surface area (Å²) in [5.41, 5.74) is 1.82. The average Bonchev–Trinajstić information content (AvgIpc) is 2.39. The van der Waals surface area contributed by atoms with Gasteiger partial charge in [-0.25, -0.2) is 4.39 Å². The number of hydrogen-bond acceptors (Lipinski definition) is 1. The summed E-state index contributed by atoms with van der Waals surface area (Å²) in [5, 5.41) is 3.58.